The van der Waals surface area contributed by atoms with Gasteiger partial charge in [-0.15, -0.1) is 0 Å². The fourth-order valence-electron chi connectivity index (χ4n) is 6.18. The molecule has 3 aliphatic carbocycles. The predicted octanol–water partition coefficient (Wildman–Crippen LogP) is 4.97. The summed E-state index contributed by atoms with van der Waals surface area (Å²) in [6, 6.07) is 5.17. The number of Topliss-reactive ketones (excluding diaryl/α,β-unsaturated/α-hetero) is 1. The maximum Gasteiger partial charge on any atom is 0.196 e. The third-order valence-electron chi connectivity index (χ3n) is 8.27. The molecule has 0 spiro atoms. The van der Waals surface area contributed by atoms with Crippen molar-refractivity contribution in [1.82, 2.24) is 9.55 Å². The molecule has 1 aromatic heterocycles. The molecule has 0 unspecified atom stereocenters. The lowest BCUT2D eigenvalue weighted by Crippen LogP contribution is -2.53. The quantitative estimate of drug-likeness (QED) is 0.305. The molecule has 3 aliphatic rings. The number of hydrogen-bond acceptors (Lipinski definition) is 6. The first-order chi connectivity index (χ1) is 17.8. The van der Waals surface area contributed by atoms with Crippen molar-refractivity contribution in [3.05, 3.63) is 53.2 Å². The summed E-state index contributed by atoms with van der Waals surface area (Å²) in [4.78, 5) is 30.4. The molecular formula is C30H34N4O3Si. The van der Waals surface area contributed by atoms with E-state index in [1.54, 1.807) is 18.3 Å². The number of hydrogen-bond donors (Lipinski definition) is 0. The van der Waals surface area contributed by atoms with E-state index in [9.17, 15) is 20.1 Å². The molecule has 7 nitrogen and oxygen atoms in total. The van der Waals surface area contributed by atoms with Crippen LogP contribution < -0.4 is 0 Å². The van der Waals surface area contributed by atoms with Crippen molar-refractivity contribution in [2.45, 2.75) is 66.0 Å². The molecule has 0 amide bonds. The fourth-order valence-corrected chi connectivity index (χ4v) is 6.93. The minimum absolute atomic E-state index is 0.0544. The molecule has 1 heterocycles. The van der Waals surface area contributed by atoms with Crippen molar-refractivity contribution in [2.24, 2.45) is 22.2 Å². The highest BCUT2D eigenvalue weighted by atomic mass is 28.3. The summed E-state index contributed by atoms with van der Waals surface area (Å²) in [5.74, 6) is 6.46. The summed E-state index contributed by atoms with van der Waals surface area (Å²) in [5.41, 5.74) is -1.53. The molecule has 3 atom stereocenters. The Morgan fingerprint density at radius 3 is 2.50 bits per heavy atom. The highest BCUT2D eigenvalue weighted by Crippen LogP contribution is 2.63. The minimum Gasteiger partial charge on any atom is -0.361 e. The van der Waals surface area contributed by atoms with Gasteiger partial charge in [-0.25, -0.2) is 4.98 Å². The number of carbonyl (C=O) groups is 2. The molecule has 8 heteroatoms. The van der Waals surface area contributed by atoms with Crippen LogP contribution >= 0.6 is 0 Å². The molecule has 0 radical (unpaired) electrons. The Morgan fingerprint density at radius 1 is 1.13 bits per heavy atom. The molecule has 0 aromatic carbocycles. The standard InChI is InChI=1S/C30H34N4O3Si/c1-28(2)24-7-9-30(10-8-26-33-11-12-34(26)20-37-13-14-38(4,5)6)17-21(18-31)23(35)15-25(30)29(24,3)16-22(19-32)27(28)36/h11-12,15-17,24H,7,9,13-14,20H2,1-6H3/t24-,29-,30+/m0/s1. The van der Waals surface area contributed by atoms with Gasteiger partial charge in [-0.3, -0.25) is 9.59 Å². The summed E-state index contributed by atoms with van der Waals surface area (Å²) in [6.07, 6.45) is 9.61. The van der Waals surface area contributed by atoms with Crippen LogP contribution in [-0.2, 0) is 21.1 Å². The van der Waals surface area contributed by atoms with Crippen LogP contribution in [0.4, 0.5) is 0 Å². The zero-order chi connectivity index (χ0) is 27.9. The lowest BCUT2D eigenvalue weighted by Gasteiger charge is -2.56. The zero-order valence-corrected chi connectivity index (χ0v) is 24.0. The van der Waals surface area contributed by atoms with Gasteiger partial charge >= 0.3 is 0 Å². The molecule has 1 aromatic rings. The van der Waals surface area contributed by atoms with Crippen molar-refractivity contribution < 1.29 is 14.3 Å². The topological polar surface area (TPSA) is 109 Å². The number of carbonyl (C=O) groups excluding carboxylic acids is 2. The number of allylic oxidation sites excluding steroid dienone is 6. The highest BCUT2D eigenvalue weighted by Gasteiger charge is 2.59. The summed E-state index contributed by atoms with van der Waals surface area (Å²) in [6.45, 7) is 13.7. The molecular weight excluding hydrogens is 492 g/mol. The van der Waals surface area contributed by atoms with E-state index in [1.165, 1.54) is 6.08 Å². The van der Waals surface area contributed by atoms with E-state index in [1.807, 2.05) is 37.6 Å². The summed E-state index contributed by atoms with van der Waals surface area (Å²) < 4.78 is 7.74. The number of fused-ring (bicyclic) bond motifs is 3. The maximum absolute atomic E-state index is 13.1. The van der Waals surface area contributed by atoms with E-state index in [2.05, 4.69) is 42.5 Å². The van der Waals surface area contributed by atoms with Crippen LogP contribution in [0.2, 0.25) is 25.7 Å². The van der Waals surface area contributed by atoms with Crippen molar-refractivity contribution in [3.8, 4) is 24.0 Å². The van der Waals surface area contributed by atoms with Gasteiger partial charge in [0.05, 0.1) is 16.6 Å². The number of ether oxygens (including phenoxy) is 1. The zero-order valence-electron chi connectivity index (χ0n) is 23.0. The first-order valence-corrected chi connectivity index (χ1v) is 16.7. The van der Waals surface area contributed by atoms with Gasteiger partial charge in [-0.1, -0.05) is 52.4 Å². The Labute approximate surface area is 225 Å². The Bertz CT molecular complexity index is 1430. The van der Waals surface area contributed by atoms with Crippen LogP contribution in [0.3, 0.4) is 0 Å². The lowest BCUT2D eigenvalue weighted by atomic mass is 9.45. The lowest BCUT2D eigenvalue weighted by molar-refractivity contribution is -0.130. The molecule has 1 saturated carbocycles. The van der Waals surface area contributed by atoms with Gasteiger partial charge in [0.25, 0.3) is 0 Å². The molecule has 0 bridgehead atoms. The molecule has 0 saturated heterocycles. The normalized spacial score (nSPS) is 27.9. The van der Waals surface area contributed by atoms with Gasteiger partial charge in [-0.05, 0) is 48.4 Å². The SMILES string of the molecule is CC1(C)C(=O)C(C#N)=C[C@]2(C)C3=CC(=O)C(C#N)=C[C@]3(C#Cc3nccn3COCC[Si](C)(C)C)CC[C@@H]12. The minimum atomic E-state index is -1.20. The number of aromatic nitrogens is 2. The summed E-state index contributed by atoms with van der Waals surface area (Å²) in [7, 11) is -1.20. The van der Waals surface area contributed by atoms with Crippen molar-refractivity contribution in [3.63, 3.8) is 0 Å². The fraction of sp³-hybridized carbons (Fsp3) is 0.500. The monoisotopic (exact) mass is 526 g/mol. The molecule has 0 aliphatic heterocycles. The smallest absolute Gasteiger partial charge is 0.196 e. The van der Waals surface area contributed by atoms with Crippen molar-refractivity contribution in [2.75, 3.05) is 6.61 Å². The number of rotatable bonds is 5. The Hall–Kier alpha value is -3.51. The van der Waals surface area contributed by atoms with Gasteiger partial charge in [0, 0.05) is 37.9 Å². The van der Waals surface area contributed by atoms with Gasteiger partial charge < -0.3 is 9.30 Å². The first-order valence-electron chi connectivity index (χ1n) is 13.0. The van der Waals surface area contributed by atoms with Crippen LogP contribution in [0.25, 0.3) is 0 Å². The van der Waals surface area contributed by atoms with E-state index >= 15 is 0 Å². The van der Waals surface area contributed by atoms with Crippen molar-refractivity contribution in [1.29, 1.82) is 10.5 Å². The van der Waals surface area contributed by atoms with Crippen LogP contribution in [0.1, 0.15) is 39.4 Å². The van der Waals surface area contributed by atoms with E-state index in [-0.39, 0.29) is 28.6 Å². The highest BCUT2D eigenvalue weighted by molar-refractivity contribution is 6.76. The molecule has 196 valence electrons. The first kappa shape index (κ1) is 27.5. The second kappa shape index (κ2) is 9.66. The number of ketones is 2. The van der Waals surface area contributed by atoms with E-state index in [0.717, 1.165) is 11.6 Å². The van der Waals surface area contributed by atoms with Crippen LogP contribution in [0, 0.1) is 56.7 Å². The Kier molecular flexibility index (Phi) is 7.00. The van der Waals surface area contributed by atoms with E-state index < -0.39 is 24.3 Å². The molecule has 0 N–H and O–H groups in total. The number of nitrogens with zero attached hydrogens (tertiary/aromatic N) is 4. The van der Waals surface area contributed by atoms with E-state index in [0.29, 0.717) is 32.0 Å². The number of nitriles is 2. The van der Waals surface area contributed by atoms with Crippen LogP contribution in [-0.4, -0.2) is 35.8 Å². The third kappa shape index (κ3) is 4.73. The van der Waals surface area contributed by atoms with Crippen molar-refractivity contribution >= 4 is 19.6 Å². The average Bonchev–Trinajstić information content (AvgIpc) is 3.30. The second-order valence-electron chi connectivity index (χ2n) is 12.5. The Morgan fingerprint density at radius 2 is 1.84 bits per heavy atom. The van der Waals surface area contributed by atoms with Gasteiger partial charge in [0.1, 0.15) is 18.9 Å². The third-order valence-corrected chi connectivity index (χ3v) is 9.97. The largest absolute Gasteiger partial charge is 0.361 e. The van der Waals surface area contributed by atoms with Crippen LogP contribution in [0.15, 0.2) is 47.3 Å². The summed E-state index contributed by atoms with van der Waals surface area (Å²) >= 11 is 0. The van der Waals surface area contributed by atoms with Gasteiger partial charge in [0.2, 0.25) is 0 Å². The molecule has 1 fully saturated rings. The second-order valence-corrected chi connectivity index (χ2v) is 18.1. The van der Waals surface area contributed by atoms with Gasteiger partial charge in [-0.2, -0.15) is 10.5 Å². The Balaban J connectivity index is 1.75. The van der Waals surface area contributed by atoms with Crippen LogP contribution in [0.5, 0.6) is 0 Å². The summed E-state index contributed by atoms with van der Waals surface area (Å²) in [5, 5.41) is 19.4. The maximum atomic E-state index is 13.1. The predicted molar refractivity (Wildman–Crippen MR) is 146 cm³/mol. The molecule has 4 rings (SSSR count). The molecule has 38 heavy (non-hydrogen) atoms. The van der Waals surface area contributed by atoms with E-state index in [4.69, 9.17) is 4.74 Å². The number of imidazole rings is 1. The van der Waals surface area contributed by atoms with Gasteiger partial charge in [0.15, 0.2) is 17.4 Å². The average molecular weight is 527 g/mol.